The molecule has 2 rings (SSSR count). The van der Waals surface area contributed by atoms with Crippen molar-refractivity contribution < 1.29 is 4.79 Å². The Morgan fingerprint density at radius 3 is 2.85 bits per heavy atom. The maximum atomic E-state index is 11.9. The smallest absolute Gasteiger partial charge is 0.246 e. The third-order valence-corrected chi connectivity index (χ3v) is 5.37. The third-order valence-electron chi connectivity index (χ3n) is 3.56. The van der Waals surface area contributed by atoms with E-state index in [4.69, 9.17) is 11.6 Å². The number of carbonyl (C=O) groups excluding carboxylic acids is 1. The van der Waals surface area contributed by atoms with Crippen molar-refractivity contribution in [3.63, 3.8) is 0 Å². The number of benzene rings is 1. The second kappa shape index (κ2) is 6.83. The summed E-state index contributed by atoms with van der Waals surface area (Å²) in [4.78, 5) is 13.0. The number of nitrogens with one attached hydrogen (secondary N) is 2. The molecular weight excluding hydrogens is 292 g/mol. The van der Waals surface area contributed by atoms with Gasteiger partial charge in [0, 0.05) is 21.9 Å². The Kier molecular flexibility index (Phi) is 5.35. The van der Waals surface area contributed by atoms with Gasteiger partial charge < -0.3 is 10.6 Å². The van der Waals surface area contributed by atoms with Gasteiger partial charge in [0.2, 0.25) is 5.91 Å². The molecule has 0 saturated heterocycles. The van der Waals surface area contributed by atoms with Crippen molar-refractivity contribution in [2.24, 2.45) is 5.92 Å². The molecule has 0 aromatic heterocycles. The summed E-state index contributed by atoms with van der Waals surface area (Å²) in [5.41, 5.74) is 1.84. The molecule has 0 aliphatic carbocycles. The van der Waals surface area contributed by atoms with E-state index in [-0.39, 0.29) is 11.9 Å². The number of rotatable bonds is 6. The van der Waals surface area contributed by atoms with Gasteiger partial charge in [0.1, 0.15) is 6.04 Å². The minimum Gasteiger partial charge on any atom is -0.324 e. The Morgan fingerprint density at radius 1 is 1.45 bits per heavy atom. The Bertz CT molecular complexity index is 507. The van der Waals surface area contributed by atoms with Gasteiger partial charge in [0.25, 0.3) is 0 Å². The molecule has 0 radical (unpaired) electrons. The molecule has 3 nitrogen and oxygen atoms in total. The number of thioether (sulfide) groups is 1. The lowest BCUT2D eigenvalue weighted by Gasteiger charge is -2.12. The molecule has 1 aromatic carbocycles. The van der Waals surface area contributed by atoms with Crippen molar-refractivity contribution >= 4 is 35.0 Å². The first-order chi connectivity index (χ1) is 9.56. The summed E-state index contributed by atoms with van der Waals surface area (Å²) >= 11 is 8.12. The number of fused-ring (bicyclic) bond motifs is 1. The van der Waals surface area contributed by atoms with Crippen molar-refractivity contribution in [2.75, 3.05) is 17.6 Å². The van der Waals surface area contributed by atoms with Gasteiger partial charge in [-0.15, -0.1) is 11.8 Å². The standard InChI is InChI=1S/C15H21ClN2OS/c1-4-9(3)8-20-13-7-12-10(6-11(13)16)14(17-5-2)15(19)18-12/h6-7,9,14,17H,4-5,8H2,1-3H3,(H,18,19). The van der Waals surface area contributed by atoms with Gasteiger partial charge in [-0.25, -0.2) is 0 Å². The van der Waals surface area contributed by atoms with Gasteiger partial charge in [-0.3, -0.25) is 4.79 Å². The van der Waals surface area contributed by atoms with Crippen molar-refractivity contribution in [1.82, 2.24) is 5.32 Å². The molecule has 1 aromatic rings. The quantitative estimate of drug-likeness (QED) is 0.778. The Morgan fingerprint density at radius 2 is 2.20 bits per heavy atom. The molecule has 0 saturated carbocycles. The summed E-state index contributed by atoms with van der Waals surface area (Å²) in [6, 6.07) is 3.64. The Labute approximate surface area is 129 Å². The number of carbonyl (C=O) groups is 1. The molecule has 0 fully saturated rings. The lowest BCUT2D eigenvalue weighted by atomic mass is 10.1. The zero-order valence-corrected chi connectivity index (χ0v) is 13.7. The molecule has 20 heavy (non-hydrogen) atoms. The van der Waals surface area contributed by atoms with Crippen LogP contribution in [-0.2, 0) is 4.79 Å². The van der Waals surface area contributed by atoms with E-state index in [9.17, 15) is 4.79 Å². The molecule has 2 unspecified atom stereocenters. The van der Waals surface area contributed by atoms with E-state index in [1.807, 2.05) is 19.1 Å². The Balaban J connectivity index is 2.20. The summed E-state index contributed by atoms with van der Waals surface area (Å²) in [6.07, 6.45) is 1.16. The molecule has 1 aliphatic rings. The van der Waals surface area contributed by atoms with Crippen LogP contribution in [0.2, 0.25) is 5.02 Å². The van der Waals surface area contributed by atoms with Crippen LogP contribution in [-0.4, -0.2) is 18.2 Å². The Hall–Kier alpha value is -0.710. The number of amides is 1. The second-order valence-corrected chi connectivity index (χ2v) is 6.64. The van der Waals surface area contributed by atoms with Crippen LogP contribution in [0.1, 0.15) is 38.8 Å². The zero-order valence-electron chi connectivity index (χ0n) is 12.1. The van der Waals surface area contributed by atoms with Crippen LogP contribution in [0.15, 0.2) is 17.0 Å². The first-order valence-electron chi connectivity index (χ1n) is 7.07. The number of hydrogen-bond donors (Lipinski definition) is 2. The molecule has 1 heterocycles. The predicted octanol–water partition coefficient (Wildman–Crippen LogP) is 4.08. The average molecular weight is 313 g/mol. The van der Waals surface area contributed by atoms with Crippen molar-refractivity contribution in [3.05, 3.63) is 22.7 Å². The van der Waals surface area contributed by atoms with E-state index >= 15 is 0 Å². The van der Waals surface area contributed by atoms with Crippen LogP contribution in [0, 0.1) is 5.92 Å². The van der Waals surface area contributed by atoms with Crippen LogP contribution < -0.4 is 10.6 Å². The van der Waals surface area contributed by atoms with Gasteiger partial charge in [-0.2, -0.15) is 0 Å². The molecular formula is C15H21ClN2OS. The summed E-state index contributed by atoms with van der Waals surface area (Å²) in [5, 5.41) is 6.84. The highest BCUT2D eigenvalue weighted by Gasteiger charge is 2.30. The molecule has 2 N–H and O–H groups in total. The number of anilines is 1. The van der Waals surface area contributed by atoms with Crippen LogP contribution in [0.5, 0.6) is 0 Å². The maximum absolute atomic E-state index is 11.9. The minimum atomic E-state index is -0.277. The summed E-state index contributed by atoms with van der Waals surface area (Å²) < 4.78 is 0. The molecule has 110 valence electrons. The summed E-state index contributed by atoms with van der Waals surface area (Å²) in [7, 11) is 0. The average Bonchev–Trinajstić information content (AvgIpc) is 2.72. The predicted molar refractivity (Wildman–Crippen MR) is 86.7 cm³/mol. The highest BCUT2D eigenvalue weighted by atomic mass is 35.5. The van der Waals surface area contributed by atoms with Gasteiger partial charge in [0.05, 0.1) is 5.02 Å². The normalized spacial score (nSPS) is 18.8. The molecule has 5 heteroatoms. The first-order valence-corrected chi connectivity index (χ1v) is 8.43. The highest BCUT2D eigenvalue weighted by Crippen LogP contribution is 2.39. The van der Waals surface area contributed by atoms with Crippen molar-refractivity contribution in [2.45, 2.75) is 38.1 Å². The van der Waals surface area contributed by atoms with Crippen LogP contribution in [0.25, 0.3) is 0 Å². The van der Waals surface area contributed by atoms with E-state index in [0.29, 0.717) is 5.92 Å². The van der Waals surface area contributed by atoms with Crippen LogP contribution in [0.3, 0.4) is 0 Å². The lowest BCUT2D eigenvalue weighted by molar-refractivity contribution is -0.117. The molecule has 0 bridgehead atoms. The van der Waals surface area contributed by atoms with E-state index in [1.54, 1.807) is 11.8 Å². The number of likely N-dealkylation sites (N-methyl/N-ethyl adjacent to an activating group) is 1. The van der Waals surface area contributed by atoms with E-state index in [2.05, 4.69) is 24.5 Å². The number of halogens is 1. The summed E-state index contributed by atoms with van der Waals surface area (Å²) in [5.74, 6) is 1.70. The summed E-state index contributed by atoms with van der Waals surface area (Å²) in [6.45, 7) is 7.16. The van der Waals surface area contributed by atoms with Crippen molar-refractivity contribution in [1.29, 1.82) is 0 Å². The van der Waals surface area contributed by atoms with E-state index in [1.165, 1.54) is 0 Å². The van der Waals surface area contributed by atoms with Gasteiger partial charge in [-0.05, 0) is 24.6 Å². The monoisotopic (exact) mass is 312 g/mol. The zero-order chi connectivity index (χ0) is 14.7. The highest BCUT2D eigenvalue weighted by molar-refractivity contribution is 7.99. The molecule has 0 spiro atoms. The molecule has 2 atom stereocenters. The van der Waals surface area contributed by atoms with Crippen LogP contribution in [0.4, 0.5) is 5.69 Å². The topological polar surface area (TPSA) is 41.1 Å². The van der Waals surface area contributed by atoms with Crippen molar-refractivity contribution in [3.8, 4) is 0 Å². The first kappa shape index (κ1) is 15.7. The largest absolute Gasteiger partial charge is 0.324 e. The van der Waals surface area contributed by atoms with E-state index in [0.717, 1.165) is 39.9 Å². The number of hydrogen-bond acceptors (Lipinski definition) is 3. The van der Waals surface area contributed by atoms with E-state index < -0.39 is 0 Å². The van der Waals surface area contributed by atoms with Gasteiger partial charge in [0.15, 0.2) is 0 Å². The van der Waals surface area contributed by atoms with Crippen LogP contribution >= 0.6 is 23.4 Å². The minimum absolute atomic E-state index is 0.00185. The van der Waals surface area contributed by atoms with Gasteiger partial charge >= 0.3 is 0 Å². The fourth-order valence-corrected chi connectivity index (χ4v) is 3.56. The third kappa shape index (κ3) is 3.30. The second-order valence-electron chi connectivity index (χ2n) is 5.17. The SMILES string of the molecule is CCNC1C(=O)Nc2cc(SCC(C)CC)c(Cl)cc21. The maximum Gasteiger partial charge on any atom is 0.246 e. The van der Waals surface area contributed by atoms with Gasteiger partial charge in [-0.1, -0.05) is 38.8 Å². The lowest BCUT2D eigenvalue weighted by Crippen LogP contribution is -2.27. The fourth-order valence-electron chi connectivity index (χ4n) is 2.13. The molecule has 1 aliphatic heterocycles. The molecule has 1 amide bonds. The fraction of sp³-hybridized carbons (Fsp3) is 0.533.